The van der Waals surface area contributed by atoms with Gasteiger partial charge in [-0.1, -0.05) is 31.2 Å². The van der Waals surface area contributed by atoms with Gasteiger partial charge in [-0.2, -0.15) is 0 Å². The molecule has 18 heavy (non-hydrogen) atoms. The van der Waals surface area contributed by atoms with Crippen molar-refractivity contribution in [3.63, 3.8) is 0 Å². The van der Waals surface area contributed by atoms with Crippen LogP contribution in [0.25, 0.3) is 0 Å². The molecule has 1 aromatic rings. The molecule has 1 rings (SSSR count). The minimum atomic E-state index is 0.266. The minimum absolute atomic E-state index is 0.266. The van der Waals surface area contributed by atoms with Crippen LogP contribution < -0.4 is 5.73 Å². The fourth-order valence-corrected chi connectivity index (χ4v) is 1.90. The van der Waals surface area contributed by atoms with Gasteiger partial charge in [0, 0.05) is 25.6 Å². The van der Waals surface area contributed by atoms with Crippen molar-refractivity contribution in [3.05, 3.63) is 35.4 Å². The average Bonchev–Trinajstić information content (AvgIpc) is 2.34. The van der Waals surface area contributed by atoms with E-state index in [9.17, 15) is 0 Å². The first kappa shape index (κ1) is 14.7. The number of aryl methyl sites for hydroxylation is 1. The van der Waals surface area contributed by atoms with Crippen molar-refractivity contribution in [1.82, 2.24) is 4.90 Å². The van der Waals surface area contributed by atoms with E-state index in [2.05, 4.69) is 49.9 Å². The summed E-state index contributed by atoms with van der Waals surface area (Å²) >= 11 is 0. The first-order chi connectivity index (χ1) is 8.52. The van der Waals surface area contributed by atoms with Gasteiger partial charge in [0.25, 0.3) is 0 Å². The van der Waals surface area contributed by atoms with Crippen LogP contribution >= 0.6 is 0 Å². The maximum Gasteiger partial charge on any atom is 0.0918 e. The van der Waals surface area contributed by atoms with Crippen molar-refractivity contribution in [1.29, 1.82) is 5.41 Å². The first-order valence-electron chi connectivity index (χ1n) is 6.67. The van der Waals surface area contributed by atoms with Gasteiger partial charge in [-0.15, -0.1) is 0 Å². The Morgan fingerprint density at radius 2 is 1.78 bits per heavy atom. The topological polar surface area (TPSA) is 53.1 Å². The number of hydrogen-bond donors (Lipinski definition) is 2. The quantitative estimate of drug-likeness (QED) is 0.575. The van der Waals surface area contributed by atoms with Gasteiger partial charge < -0.3 is 5.73 Å². The average molecular weight is 247 g/mol. The molecule has 0 saturated carbocycles. The van der Waals surface area contributed by atoms with Crippen LogP contribution in [-0.4, -0.2) is 23.3 Å². The van der Waals surface area contributed by atoms with E-state index in [4.69, 9.17) is 11.1 Å². The van der Waals surface area contributed by atoms with Crippen molar-refractivity contribution >= 4 is 5.84 Å². The SMILES string of the molecule is CCc1ccc(CN(CCC(=N)N)C(C)C)cc1. The molecule has 0 aromatic heterocycles. The van der Waals surface area contributed by atoms with E-state index >= 15 is 0 Å². The fraction of sp³-hybridized carbons (Fsp3) is 0.533. The van der Waals surface area contributed by atoms with Gasteiger partial charge in [-0.25, -0.2) is 0 Å². The van der Waals surface area contributed by atoms with Crippen molar-refractivity contribution < 1.29 is 0 Å². The Morgan fingerprint density at radius 3 is 2.22 bits per heavy atom. The normalized spacial score (nSPS) is 11.2. The highest BCUT2D eigenvalue weighted by atomic mass is 15.1. The zero-order valence-corrected chi connectivity index (χ0v) is 11.7. The van der Waals surface area contributed by atoms with Crippen LogP contribution in [0, 0.1) is 5.41 Å². The molecule has 3 heteroatoms. The molecule has 100 valence electrons. The molecule has 0 unspecified atom stereocenters. The number of rotatable bonds is 7. The third kappa shape index (κ3) is 4.88. The van der Waals surface area contributed by atoms with E-state index in [0.717, 1.165) is 19.5 Å². The largest absolute Gasteiger partial charge is 0.388 e. The third-order valence-electron chi connectivity index (χ3n) is 3.22. The van der Waals surface area contributed by atoms with Crippen molar-refractivity contribution in [2.24, 2.45) is 5.73 Å². The lowest BCUT2D eigenvalue weighted by atomic mass is 10.1. The highest BCUT2D eigenvalue weighted by Gasteiger charge is 2.10. The summed E-state index contributed by atoms with van der Waals surface area (Å²) in [5.74, 6) is 0.266. The molecule has 0 heterocycles. The summed E-state index contributed by atoms with van der Waals surface area (Å²) in [6.45, 7) is 8.31. The Balaban J connectivity index is 2.61. The minimum Gasteiger partial charge on any atom is -0.388 e. The van der Waals surface area contributed by atoms with Crippen molar-refractivity contribution in [3.8, 4) is 0 Å². The van der Waals surface area contributed by atoms with Crippen LogP contribution in [0.1, 0.15) is 38.3 Å². The molecular weight excluding hydrogens is 222 g/mol. The number of hydrogen-bond acceptors (Lipinski definition) is 2. The van der Waals surface area contributed by atoms with E-state index in [-0.39, 0.29) is 5.84 Å². The summed E-state index contributed by atoms with van der Waals surface area (Å²) in [7, 11) is 0. The van der Waals surface area contributed by atoms with E-state index in [1.165, 1.54) is 11.1 Å². The zero-order chi connectivity index (χ0) is 13.5. The maximum atomic E-state index is 7.31. The highest BCUT2D eigenvalue weighted by Crippen LogP contribution is 2.11. The van der Waals surface area contributed by atoms with Crippen molar-refractivity contribution in [2.75, 3.05) is 6.54 Å². The lowest BCUT2D eigenvalue weighted by Crippen LogP contribution is -2.33. The Bertz CT molecular complexity index is 368. The Hall–Kier alpha value is -1.35. The smallest absolute Gasteiger partial charge is 0.0918 e. The van der Waals surface area contributed by atoms with Crippen LogP contribution in [-0.2, 0) is 13.0 Å². The Labute approximate surface area is 111 Å². The van der Waals surface area contributed by atoms with Crippen molar-refractivity contribution in [2.45, 2.75) is 46.2 Å². The molecule has 0 amide bonds. The summed E-state index contributed by atoms with van der Waals surface area (Å²) in [6.07, 6.45) is 1.73. The van der Waals surface area contributed by atoms with Crippen LogP contribution in [0.3, 0.4) is 0 Å². The number of nitrogens with zero attached hydrogens (tertiary/aromatic N) is 1. The highest BCUT2D eigenvalue weighted by molar-refractivity contribution is 5.76. The van der Waals surface area contributed by atoms with Gasteiger partial charge in [-0.05, 0) is 31.4 Å². The van der Waals surface area contributed by atoms with E-state index in [0.29, 0.717) is 12.5 Å². The van der Waals surface area contributed by atoms with Gasteiger partial charge in [0.1, 0.15) is 0 Å². The van der Waals surface area contributed by atoms with E-state index in [1.54, 1.807) is 0 Å². The van der Waals surface area contributed by atoms with E-state index in [1.807, 2.05) is 0 Å². The van der Waals surface area contributed by atoms with Crippen LogP contribution in [0.4, 0.5) is 0 Å². The van der Waals surface area contributed by atoms with Gasteiger partial charge in [0.15, 0.2) is 0 Å². The molecule has 0 bridgehead atoms. The molecule has 0 radical (unpaired) electrons. The van der Waals surface area contributed by atoms with Crippen LogP contribution in [0.5, 0.6) is 0 Å². The molecule has 1 aromatic carbocycles. The predicted octanol–water partition coefficient (Wildman–Crippen LogP) is 2.79. The number of amidine groups is 1. The third-order valence-corrected chi connectivity index (χ3v) is 3.22. The summed E-state index contributed by atoms with van der Waals surface area (Å²) in [5, 5.41) is 7.31. The maximum absolute atomic E-state index is 7.31. The van der Waals surface area contributed by atoms with Gasteiger partial charge in [-0.3, -0.25) is 10.3 Å². The van der Waals surface area contributed by atoms with Gasteiger partial charge in [0.05, 0.1) is 5.84 Å². The number of benzene rings is 1. The van der Waals surface area contributed by atoms with Gasteiger partial charge >= 0.3 is 0 Å². The summed E-state index contributed by atoms with van der Waals surface area (Å²) in [5.41, 5.74) is 8.13. The summed E-state index contributed by atoms with van der Waals surface area (Å²) in [4.78, 5) is 2.35. The Kier molecular flexibility index (Phi) is 5.86. The summed E-state index contributed by atoms with van der Waals surface area (Å²) < 4.78 is 0. The number of nitrogens with one attached hydrogen (secondary N) is 1. The van der Waals surface area contributed by atoms with E-state index < -0.39 is 0 Å². The predicted molar refractivity (Wildman–Crippen MR) is 77.9 cm³/mol. The second-order valence-electron chi connectivity index (χ2n) is 5.01. The molecule has 3 N–H and O–H groups in total. The standard InChI is InChI=1S/C15H25N3/c1-4-13-5-7-14(8-6-13)11-18(12(2)3)10-9-15(16)17/h5-8,12H,4,9-11H2,1-3H3,(H3,16,17). The molecular formula is C15H25N3. The molecule has 0 aliphatic carbocycles. The fourth-order valence-electron chi connectivity index (χ4n) is 1.90. The molecule has 0 aliphatic heterocycles. The zero-order valence-electron chi connectivity index (χ0n) is 11.7. The second kappa shape index (κ2) is 7.17. The van der Waals surface area contributed by atoms with Crippen LogP contribution in [0.15, 0.2) is 24.3 Å². The summed E-state index contributed by atoms with van der Waals surface area (Å²) in [6, 6.07) is 9.25. The molecule has 0 atom stereocenters. The molecule has 0 spiro atoms. The molecule has 0 fully saturated rings. The molecule has 0 saturated heterocycles. The molecule has 3 nitrogen and oxygen atoms in total. The first-order valence-corrected chi connectivity index (χ1v) is 6.67. The monoisotopic (exact) mass is 247 g/mol. The number of nitrogens with two attached hydrogens (primary N) is 1. The van der Waals surface area contributed by atoms with Crippen LogP contribution in [0.2, 0.25) is 0 Å². The molecule has 0 aliphatic rings. The lowest BCUT2D eigenvalue weighted by molar-refractivity contribution is 0.219. The lowest BCUT2D eigenvalue weighted by Gasteiger charge is -2.26. The Morgan fingerprint density at radius 1 is 1.22 bits per heavy atom. The van der Waals surface area contributed by atoms with Gasteiger partial charge in [0.2, 0.25) is 0 Å². The second-order valence-corrected chi connectivity index (χ2v) is 5.01.